The van der Waals surface area contributed by atoms with Gasteiger partial charge >= 0.3 is 0 Å². The highest BCUT2D eigenvalue weighted by atomic mass is 32.1. The minimum atomic E-state index is -0.568. The molecule has 1 amide bonds. The number of carbonyl (C=O) groups excluding carboxylic acids is 1. The number of benzene rings is 1. The fraction of sp³-hybridized carbons (Fsp3) is 0.211. The number of halogens is 1. The lowest BCUT2D eigenvalue weighted by atomic mass is 9.96. The van der Waals surface area contributed by atoms with Crippen LogP contribution < -0.4 is 5.32 Å². The van der Waals surface area contributed by atoms with Gasteiger partial charge in [0.2, 0.25) is 0 Å². The molecule has 1 N–H and O–H groups in total. The summed E-state index contributed by atoms with van der Waals surface area (Å²) in [6, 6.07) is 9.54. The Morgan fingerprint density at radius 2 is 1.92 bits per heavy atom. The standard InChI is InChI=1S/C19H14FN3OS/c20-14-7-5-12(6-8-14)9-13(10-21)18(24)23-19-16(11-22)15-3-1-2-4-17(15)25-19/h5-9H,1-4H2,(H,23,24)/b13-9+. The SMILES string of the molecule is N#C/C(=C\c1ccc(F)cc1)C(=O)Nc1sc2c(c1C#N)CCCC2. The number of rotatable bonds is 3. The molecule has 2 aromatic rings. The van der Waals surface area contributed by atoms with Gasteiger partial charge in [0.25, 0.3) is 5.91 Å². The van der Waals surface area contributed by atoms with Crippen LogP contribution in [0.15, 0.2) is 29.8 Å². The lowest BCUT2D eigenvalue weighted by Crippen LogP contribution is -2.13. The van der Waals surface area contributed by atoms with Gasteiger partial charge in [0.05, 0.1) is 5.56 Å². The van der Waals surface area contributed by atoms with Crippen molar-refractivity contribution in [2.75, 3.05) is 5.32 Å². The zero-order valence-electron chi connectivity index (χ0n) is 13.3. The molecule has 1 heterocycles. The quantitative estimate of drug-likeness (QED) is 0.665. The van der Waals surface area contributed by atoms with Gasteiger partial charge in [-0.3, -0.25) is 4.79 Å². The van der Waals surface area contributed by atoms with Crippen LogP contribution in [0.1, 0.15) is 34.4 Å². The lowest BCUT2D eigenvalue weighted by molar-refractivity contribution is -0.112. The molecular formula is C19H14FN3OS. The number of nitrogens with zero attached hydrogens (tertiary/aromatic N) is 2. The summed E-state index contributed by atoms with van der Waals surface area (Å²) in [6.07, 6.45) is 5.29. The van der Waals surface area contributed by atoms with Gasteiger partial charge in [0, 0.05) is 4.88 Å². The summed E-state index contributed by atoms with van der Waals surface area (Å²) < 4.78 is 13.0. The summed E-state index contributed by atoms with van der Waals surface area (Å²) in [4.78, 5) is 13.6. The third-order valence-corrected chi connectivity index (χ3v) is 5.26. The second kappa shape index (κ2) is 7.29. The molecule has 3 rings (SSSR count). The Kier molecular flexibility index (Phi) is 4.92. The predicted molar refractivity (Wildman–Crippen MR) is 94.3 cm³/mol. The number of thiophene rings is 1. The molecule has 0 spiro atoms. The smallest absolute Gasteiger partial charge is 0.266 e. The highest BCUT2D eigenvalue weighted by molar-refractivity contribution is 7.16. The average Bonchev–Trinajstić information content (AvgIpc) is 2.98. The van der Waals surface area contributed by atoms with Crippen LogP contribution >= 0.6 is 11.3 Å². The Balaban J connectivity index is 1.86. The van der Waals surface area contributed by atoms with Crippen LogP contribution in [0.5, 0.6) is 0 Å². The zero-order valence-corrected chi connectivity index (χ0v) is 14.1. The third kappa shape index (κ3) is 3.60. The molecule has 0 radical (unpaired) electrons. The Labute approximate surface area is 148 Å². The van der Waals surface area contributed by atoms with E-state index in [1.807, 2.05) is 6.07 Å². The first-order valence-electron chi connectivity index (χ1n) is 7.85. The maximum absolute atomic E-state index is 13.0. The predicted octanol–water partition coefficient (Wildman–Crippen LogP) is 4.18. The molecule has 0 bridgehead atoms. The monoisotopic (exact) mass is 351 g/mol. The average molecular weight is 351 g/mol. The van der Waals surface area contributed by atoms with Gasteiger partial charge in [-0.2, -0.15) is 10.5 Å². The van der Waals surface area contributed by atoms with Crippen molar-refractivity contribution in [1.82, 2.24) is 0 Å². The number of anilines is 1. The molecule has 0 fully saturated rings. The van der Waals surface area contributed by atoms with Crippen molar-refractivity contribution in [1.29, 1.82) is 10.5 Å². The van der Waals surface area contributed by atoms with Crippen molar-refractivity contribution < 1.29 is 9.18 Å². The van der Waals surface area contributed by atoms with Gasteiger partial charge in [0.15, 0.2) is 0 Å². The van der Waals surface area contributed by atoms with Crippen LogP contribution in [0.2, 0.25) is 0 Å². The molecule has 4 nitrogen and oxygen atoms in total. The van der Waals surface area contributed by atoms with Crippen LogP contribution in [0.25, 0.3) is 6.08 Å². The molecule has 0 aliphatic heterocycles. The van der Waals surface area contributed by atoms with Crippen LogP contribution in [0.3, 0.4) is 0 Å². The van der Waals surface area contributed by atoms with E-state index in [1.54, 1.807) is 0 Å². The van der Waals surface area contributed by atoms with Gasteiger partial charge < -0.3 is 5.32 Å². The number of nitriles is 2. The largest absolute Gasteiger partial charge is 0.312 e. The second-order valence-corrected chi connectivity index (χ2v) is 6.81. The van der Waals surface area contributed by atoms with Gasteiger partial charge in [-0.25, -0.2) is 4.39 Å². The maximum Gasteiger partial charge on any atom is 0.266 e. The van der Waals surface area contributed by atoms with Crippen molar-refractivity contribution in [3.63, 3.8) is 0 Å². The molecule has 0 atom stereocenters. The summed E-state index contributed by atoms with van der Waals surface area (Å²) in [7, 11) is 0. The Morgan fingerprint density at radius 3 is 2.60 bits per heavy atom. The van der Waals surface area contributed by atoms with Gasteiger partial charge in [0.1, 0.15) is 28.5 Å². The van der Waals surface area contributed by atoms with Gasteiger partial charge in [-0.15, -0.1) is 11.3 Å². The number of carbonyl (C=O) groups is 1. The third-order valence-electron chi connectivity index (χ3n) is 4.06. The number of amides is 1. The molecule has 1 aliphatic rings. The zero-order chi connectivity index (χ0) is 17.8. The van der Waals surface area contributed by atoms with E-state index in [0.717, 1.165) is 36.1 Å². The number of nitrogens with one attached hydrogen (secondary N) is 1. The number of aryl methyl sites for hydroxylation is 1. The fourth-order valence-corrected chi connectivity index (χ4v) is 4.05. The molecule has 25 heavy (non-hydrogen) atoms. The Morgan fingerprint density at radius 1 is 1.20 bits per heavy atom. The van der Waals surface area contributed by atoms with Crippen LogP contribution in [0, 0.1) is 28.5 Å². The molecule has 0 unspecified atom stereocenters. The van der Waals surface area contributed by atoms with E-state index in [2.05, 4.69) is 11.4 Å². The van der Waals surface area contributed by atoms with Crippen molar-refractivity contribution >= 4 is 28.3 Å². The van der Waals surface area contributed by atoms with E-state index in [0.29, 0.717) is 16.1 Å². The van der Waals surface area contributed by atoms with Gasteiger partial charge in [-0.05, 0) is 55.0 Å². The Bertz CT molecular complexity index is 929. The summed E-state index contributed by atoms with van der Waals surface area (Å²) in [5.74, 6) is -0.954. The molecule has 0 saturated heterocycles. The minimum absolute atomic E-state index is 0.0955. The van der Waals surface area contributed by atoms with Crippen LogP contribution in [-0.4, -0.2) is 5.91 Å². The van der Waals surface area contributed by atoms with Crippen molar-refractivity contribution in [3.05, 3.63) is 57.2 Å². The molecule has 1 aromatic heterocycles. The van der Waals surface area contributed by atoms with E-state index < -0.39 is 5.91 Å². The van der Waals surface area contributed by atoms with Crippen molar-refractivity contribution in [2.24, 2.45) is 0 Å². The van der Waals surface area contributed by atoms with E-state index in [4.69, 9.17) is 0 Å². The summed E-state index contributed by atoms with van der Waals surface area (Å²) >= 11 is 1.41. The fourth-order valence-electron chi connectivity index (χ4n) is 2.82. The Hall–Kier alpha value is -2.96. The number of hydrogen-bond acceptors (Lipinski definition) is 4. The molecule has 6 heteroatoms. The number of fused-ring (bicyclic) bond motifs is 1. The van der Waals surface area contributed by atoms with Crippen LogP contribution in [-0.2, 0) is 17.6 Å². The highest BCUT2D eigenvalue weighted by Crippen LogP contribution is 2.37. The minimum Gasteiger partial charge on any atom is -0.312 e. The summed E-state index contributed by atoms with van der Waals surface area (Å²) in [5.41, 5.74) is 1.99. The van der Waals surface area contributed by atoms with E-state index in [1.165, 1.54) is 41.7 Å². The van der Waals surface area contributed by atoms with E-state index >= 15 is 0 Å². The molecular weight excluding hydrogens is 337 g/mol. The highest BCUT2D eigenvalue weighted by Gasteiger charge is 2.22. The summed E-state index contributed by atoms with van der Waals surface area (Å²) in [5, 5.41) is 21.9. The second-order valence-electron chi connectivity index (χ2n) is 5.70. The van der Waals surface area contributed by atoms with Crippen molar-refractivity contribution in [2.45, 2.75) is 25.7 Å². The molecule has 1 aliphatic carbocycles. The van der Waals surface area contributed by atoms with Crippen molar-refractivity contribution in [3.8, 4) is 12.1 Å². The maximum atomic E-state index is 13.0. The lowest BCUT2D eigenvalue weighted by Gasteiger charge is -2.09. The molecule has 124 valence electrons. The van der Waals surface area contributed by atoms with Gasteiger partial charge in [-0.1, -0.05) is 12.1 Å². The first-order chi connectivity index (χ1) is 12.1. The summed E-state index contributed by atoms with van der Waals surface area (Å²) in [6.45, 7) is 0. The first kappa shape index (κ1) is 16.9. The molecule has 0 saturated carbocycles. The van der Waals surface area contributed by atoms with E-state index in [-0.39, 0.29) is 11.4 Å². The van der Waals surface area contributed by atoms with E-state index in [9.17, 15) is 19.7 Å². The first-order valence-corrected chi connectivity index (χ1v) is 8.67. The molecule has 1 aromatic carbocycles. The topological polar surface area (TPSA) is 76.7 Å². The van der Waals surface area contributed by atoms with Crippen LogP contribution in [0.4, 0.5) is 9.39 Å². The normalized spacial score (nSPS) is 13.5. The number of hydrogen-bond donors (Lipinski definition) is 1.